The number of hydrogen-bond donors (Lipinski definition) is 1. The smallest absolute Gasteiger partial charge is 0.410 e. The first-order chi connectivity index (χ1) is 12.0. The van der Waals surface area contributed by atoms with Gasteiger partial charge in [0.05, 0.1) is 6.10 Å². The van der Waals surface area contributed by atoms with Gasteiger partial charge in [-0.15, -0.1) is 0 Å². The van der Waals surface area contributed by atoms with Gasteiger partial charge in [0.1, 0.15) is 11.4 Å². The highest BCUT2D eigenvalue weighted by molar-refractivity contribution is 5.68. The van der Waals surface area contributed by atoms with Crippen LogP contribution in [0.15, 0.2) is 18.2 Å². The van der Waals surface area contributed by atoms with Crippen molar-refractivity contribution in [2.75, 3.05) is 25.4 Å². The topological polar surface area (TPSA) is 68.0 Å². The number of amides is 1. The molecule has 26 heavy (non-hydrogen) atoms. The van der Waals surface area contributed by atoms with Crippen molar-refractivity contribution in [2.24, 2.45) is 0 Å². The van der Waals surface area contributed by atoms with Crippen molar-refractivity contribution in [3.63, 3.8) is 0 Å². The first-order valence-electron chi connectivity index (χ1n) is 9.32. The van der Waals surface area contributed by atoms with Gasteiger partial charge < -0.3 is 20.1 Å². The fourth-order valence-corrected chi connectivity index (χ4v) is 3.03. The fraction of sp³-hybridized carbons (Fsp3) is 0.650. The summed E-state index contributed by atoms with van der Waals surface area (Å²) in [5, 5.41) is 0. The molecular formula is C20H33N3O3. The number of anilines is 1. The van der Waals surface area contributed by atoms with Gasteiger partial charge in [-0.1, -0.05) is 0 Å². The van der Waals surface area contributed by atoms with Crippen LogP contribution in [0.4, 0.5) is 10.5 Å². The first-order valence-corrected chi connectivity index (χ1v) is 9.32. The molecule has 0 spiro atoms. The van der Waals surface area contributed by atoms with Crippen LogP contribution in [0.25, 0.3) is 0 Å². The number of carbonyl (C=O) groups is 1. The van der Waals surface area contributed by atoms with Crippen molar-refractivity contribution in [3.05, 3.63) is 23.8 Å². The molecule has 0 saturated carbocycles. The lowest BCUT2D eigenvalue weighted by molar-refractivity contribution is 0.00445. The molecule has 1 saturated heterocycles. The Morgan fingerprint density at radius 2 is 2.00 bits per heavy atom. The number of ether oxygens (including phenoxy) is 2. The molecule has 146 valence electrons. The summed E-state index contributed by atoms with van der Waals surface area (Å²) in [6, 6.07) is 6.01. The second-order valence-electron chi connectivity index (χ2n) is 8.28. The van der Waals surface area contributed by atoms with E-state index in [0.29, 0.717) is 13.1 Å². The zero-order valence-electron chi connectivity index (χ0n) is 16.9. The van der Waals surface area contributed by atoms with Gasteiger partial charge in [0.2, 0.25) is 0 Å². The summed E-state index contributed by atoms with van der Waals surface area (Å²) in [5.41, 5.74) is 7.32. The van der Waals surface area contributed by atoms with Gasteiger partial charge in [-0.05, 0) is 59.7 Å². The zero-order chi connectivity index (χ0) is 19.5. The van der Waals surface area contributed by atoms with Crippen molar-refractivity contribution < 1.29 is 14.3 Å². The van der Waals surface area contributed by atoms with Crippen LogP contribution in [0.2, 0.25) is 0 Å². The summed E-state index contributed by atoms with van der Waals surface area (Å²) in [7, 11) is 0. The maximum absolute atomic E-state index is 12.3. The first kappa shape index (κ1) is 20.4. The number of nitrogens with two attached hydrogens (primary N) is 1. The highest BCUT2D eigenvalue weighted by atomic mass is 16.6. The molecule has 2 rings (SSSR count). The highest BCUT2D eigenvalue weighted by Gasteiger charge is 2.30. The van der Waals surface area contributed by atoms with E-state index in [-0.39, 0.29) is 18.2 Å². The van der Waals surface area contributed by atoms with Crippen molar-refractivity contribution in [2.45, 2.75) is 65.8 Å². The van der Waals surface area contributed by atoms with E-state index in [1.807, 2.05) is 52.8 Å². The molecule has 2 N–H and O–H groups in total. The molecule has 1 fully saturated rings. The number of carbonyl (C=O) groups excluding carboxylic acids is 1. The molecule has 0 aliphatic carbocycles. The van der Waals surface area contributed by atoms with E-state index < -0.39 is 5.60 Å². The molecule has 1 heterocycles. The van der Waals surface area contributed by atoms with Gasteiger partial charge in [-0.3, -0.25) is 4.90 Å². The number of hydrogen-bond acceptors (Lipinski definition) is 5. The molecule has 6 heteroatoms. The Labute approximate surface area is 157 Å². The highest BCUT2D eigenvalue weighted by Crippen LogP contribution is 2.26. The number of piperazine rings is 1. The lowest BCUT2D eigenvalue weighted by atomic mass is 10.1. The summed E-state index contributed by atoms with van der Waals surface area (Å²) in [6.45, 7) is 14.7. The molecule has 0 bridgehead atoms. The van der Waals surface area contributed by atoms with Crippen molar-refractivity contribution in [3.8, 4) is 5.75 Å². The van der Waals surface area contributed by atoms with Crippen LogP contribution in [-0.2, 0) is 11.3 Å². The Bertz CT molecular complexity index is 625. The predicted octanol–water partition coefficient (Wildman–Crippen LogP) is 3.50. The van der Waals surface area contributed by atoms with E-state index in [1.165, 1.54) is 0 Å². The lowest BCUT2D eigenvalue weighted by Crippen LogP contribution is -2.54. The van der Waals surface area contributed by atoms with Crippen LogP contribution in [-0.4, -0.2) is 53.3 Å². The summed E-state index contributed by atoms with van der Waals surface area (Å²) < 4.78 is 11.4. The minimum Gasteiger partial charge on any atom is -0.491 e. The Hall–Kier alpha value is -1.95. The third-order valence-corrected chi connectivity index (χ3v) is 4.24. The standard InChI is InChI=1S/C20H33N3O3/c1-14(2)25-18-8-7-17(21)11-16(18)13-22-9-10-23(12-15(22)3)19(24)26-20(4,5)6/h7-8,11,14-15H,9-10,12-13,21H2,1-6H3/t15-/m0/s1. The van der Waals surface area contributed by atoms with Gasteiger partial charge in [-0.25, -0.2) is 4.79 Å². The van der Waals surface area contributed by atoms with Crippen molar-refractivity contribution in [1.82, 2.24) is 9.80 Å². The number of rotatable bonds is 4. The van der Waals surface area contributed by atoms with Crippen molar-refractivity contribution >= 4 is 11.8 Å². The normalized spacial score (nSPS) is 18.9. The molecule has 1 aliphatic rings. The average molecular weight is 364 g/mol. The fourth-order valence-electron chi connectivity index (χ4n) is 3.03. The Morgan fingerprint density at radius 1 is 1.31 bits per heavy atom. The Balaban J connectivity index is 2.02. The molecule has 1 aromatic carbocycles. The summed E-state index contributed by atoms with van der Waals surface area (Å²) >= 11 is 0. The summed E-state index contributed by atoms with van der Waals surface area (Å²) in [6.07, 6.45) is -0.129. The number of nitrogen functional groups attached to an aromatic ring is 1. The predicted molar refractivity (Wildman–Crippen MR) is 104 cm³/mol. The van der Waals surface area contributed by atoms with Crippen LogP contribution >= 0.6 is 0 Å². The van der Waals surface area contributed by atoms with Gasteiger partial charge in [0.15, 0.2) is 0 Å². The molecular weight excluding hydrogens is 330 g/mol. The minimum absolute atomic E-state index is 0.110. The van der Waals surface area contributed by atoms with E-state index in [2.05, 4.69) is 11.8 Å². The minimum atomic E-state index is -0.470. The summed E-state index contributed by atoms with van der Waals surface area (Å²) in [5.74, 6) is 0.871. The van der Waals surface area contributed by atoms with Crippen molar-refractivity contribution in [1.29, 1.82) is 0 Å². The van der Waals surface area contributed by atoms with Crippen LogP contribution in [0.5, 0.6) is 5.75 Å². The van der Waals surface area contributed by atoms with Crippen LogP contribution in [0.3, 0.4) is 0 Å². The third-order valence-electron chi connectivity index (χ3n) is 4.24. The quantitative estimate of drug-likeness (QED) is 0.829. The lowest BCUT2D eigenvalue weighted by Gasteiger charge is -2.40. The monoisotopic (exact) mass is 363 g/mol. The van der Waals surface area contributed by atoms with Gasteiger partial charge in [-0.2, -0.15) is 0 Å². The molecule has 1 aromatic rings. The third kappa shape index (κ3) is 5.80. The molecule has 1 amide bonds. The van der Waals surface area contributed by atoms with Crippen LogP contribution in [0, 0.1) is 0 Å². The average Bonchev–Trinajstić information content (AvgIpc) is 2.49. The van der Waals surface area contributed by atoms with Gasteiger partial charge in [0, 0.05) is 43.5 Å². The second-order valence-corrected chi connectivity index (χ2v) is 8.28. The number of nitrogens with zero attached hydrogens (tertiary/aromatic N) is 2. The number of benzene rings is 1. The summed E-state index contributed by atoms with van der Waals surface area (Å²) in [4.78, 5) is 16.4. The van der Waals surface area contributed by atoms with Gasteiger partial charge in [0.25, 0.3) is 0 Å². The Morgan fingerprint density at radius 3 is 2.58 bits per heavy atom. The Kier molecular flexibility index (Phi) is 6.39. The molecule has 1 aliphatic heterocycles. The molecule has 1 atom stereocenters. The van der Waals surface area contributed by atoms with E-state index in [1.54, 1.807) is 4.90 Å². The van der Waals surface area contributed by atoms with Crippen LogP contribution < -0.4 is 10.5 Å². The zero-order valence-corrected chi connectivity index (χ0v) is 16.9. The van der Waals surface area contributed by atoms with Gasteiger partial charge >= 0.3 is 6.09 Å². The molecule has 0 aromatic heterocycles. The van der Waals surface area contributed by atoms with E-state index >= 15 is 0 Å². The largest absolute Gasteiger partial charge is 0.491 e. The molecule has 6 nitrogen and oxygen atoms in total. The second kappa shape index (κ2) is 8.16. The van der Waals surface area contributed by atoms with E-state index in [9.17, 15) is 4.79 Å². The SMILES string of the molecule is CC(C)Oc1ccc(N)cc1CN1CCN(C(=O)OC(C)(C)C)C[C@@H]1C. The van der Waals surface area contributed by atoms with Crippen LogP contribution in [0.1, 0.15) is 47.1 Å². The molecule has 0 radical (unpaired) electrons. The maximum Gasteiger partial charge on any atom is 0.410 e. The molecule has 0 unspecified atom stereocenters. The van der Waals surface area contributed by atoms with E-state index in [4.69, 9.17) is 15.2 Å². The maximum atomic E-state index is 12.3. The van der Waals surface area contributed by atoms with E-state index in [0.717, 1.165) is 30.1 Å².